The van der Waals surface area contributed by atoms with Gasteiger partial charge in [0.2, 0.25) is 5.91 Å². The van der Waals surface area contributed by atoms with Crippen molar-refractivity contribution in [3.05, 3.63) is 94.6 Å². The monoisotopic (exact) mass is 487 g/mol. The highest BCUT2D eigenvalue weighted by Crippen LogP contribution is 2.33. The number of benzene rings is 2. The van der Waals surface area contributed by atoms with Crippen LogP contribution in [0.25, 0.3) is 10.9 Å². The van der Waals surface area contributed by atoms with Crippen molar-refractivity contribution in [2.75, 3.05) is 4.90 Å². The predicted molar refractivity (Wildman–Crippen MR) is 137 cm³/mol. The molecule has 178 valence electrons. The fraction of sp³-hybridized carbons (Fsp3) is 0.250. The van der Waals surface area contributed by atoms with Gasteiger partial charge in [0.25, 0.3) is 5.91 Å². The van der Waals surface area contributed by atoms with Crippen LogP contribution in [0.5, 0.6) is 0 Å². The first-order valence-electron chi connectivity index (χ1n) is 11.9. The van der Waals surface area contributed by atoms with Crippen molar-refractivity contribution in [3.8, 4) is 0 Å². The first-order chi connectivity index (χ1) is 17.1. The quantitative estimate of drug-likeness (QED) is 0.349. The SMILES string of the molecule is O=C(NC1CCCCC1)C(c1ccc2ncccc2c1)N(C(=O)c1cccs1)c1ccc(F)cc1. The van der Waals surface area contributed by atoms with E-state index in [0.717, 1.165) is 36.6 Å². The number of amides is 2. The van der Waals surface area contributed by atoms with Gasteiger partial charge in [0.15, 0.2) is 0 Å². The summed E-state index contributed by atoms with van der Waals surface area (Å²) < 4.78 is 13.8. The largest absolute Gasteiger partial charge is 0.351 e. The minimum Gasteiger partial charge on any atom is -0.351 e. The van der Waals surface area contributed by atoms with Gasteiger partial charge in [-0.2, -0.15) is 0 Å². The minimum absolute atomic E-state index is 0.0766. The number of aromatic nitrogens is 1. The Balaban J connectivity index is 1.62. The molecule has 2 aromatic carbocycles. The Morgan fingerprint density at radius 3 is 2.54 bits per heavy atom. The summed E-state index contributed by atoms with van der Waals surface area (Å²) in [4.78, 5) is 34.1. The molecule has 1 unspecified atom stereocenters. The molecule has 1 atom stereocenters. The Hall–Kier alpha value is -3.58. The number of pyridine rings is 1. The van der Waals surface area contributed by atoms with Crippen LogP contribution in [0.2, 0.25) is 0 Å². The third-order valence-corrected chi connectivity index (χ3v) is 7.31. The molecule has 5 rings (SSSR count). The molecule has 1 fully saturated rings. The van der Waals surface area contributed by atoms with Crippen molar-refractivity contribution >= 4 is 39.7 Å². The minimum atomic E-state index is -0.929. The lowest BCUT2D eigenvalue weighted by atomic mass is 9.94. The van der Waals surface area contributed by atoms with Crippen molar-refractivity contribution in [1.82, 2.24) is 10.3 Å². The molecule has 2 aromatic heterocycles. The van der Waals surface area contributed by atoms with E-state index in [1.807, 2.05) is 35.7 Å². The number of nitrogens with zero attached hydrogens (tertiary/aromatic N) is 2. The normalized spacial score (nSPS) is 15.0. The maximum absolute atomic E-state index is 13.9. The lowest BCUT2D eigenvalue weighted by Gasteiger charge is -2.33. The zero-order valence-electron chi connectivity index (χ0n) is 19.2. The molecule has 5 nitrogen and oxygen atoms in total. The highest BCUT2D eigenvalue weighted by molar-refractivity contribution is 7.12. The van der Waals surface area contributed by atoms with Gasteiger partial charge in [-0.05, 0) is 72.3 Å². The second-order valence-corrected chi connectivity index (χ2v) is 9.78. The fourth-order valence-electron chi connectivity index (χ4n) is 4.71. The Morgan fingerprint density at radius 1 is 1.00 bits per heavy atom. The van der Waals surface area contributed by atoms with Crippen molar-refractivity contribution in [3.63, 3.8) is 0 Å². The second-order valence-electron chi connectivity index (χ2n) is 8.83. The number of halogens is 1. The van der Waals surface area contributed by atoms with Gasteiger partial charge >= 0.3 is 0 Å². The molecule has 0 aliphatic heterocycles. The van der Waals surface area contributed by atoms with Gasteiger partial charge in [0.05, 0.1) is 10.4 Å². The van der Waals surface area contributed by atoms with Crippen LogP contribution in [0, 0.1) is 5.82 Å². The highest BCUT2D eigenvalue weighted by atomic mass is 32.1. The standard InChI is InChI=1S/C28H26FN3O2S/c29-21-11-13-23(14-12-21)32(28(34)25-9-5-17-35-25)26(27(33)31-22-7-2-1-3-8-22)20-10-15-24-19(18-20)6-4-16-30-24/h4-6,9-18,22,26H,1-3,7-8H2,(H,31,33). The van der Waals surface area contributed by atoms with E-state index in [9.17, 15) is 14.0 Å². The van der Waals surface area contributed by atoms with Crippen LogP contribution < -0.4 is 10.2 Å². The number of fused-ring (bicyclic) bond motifs is 1. The summed E-state index contributed by atoms with van der Waals surface area (Å²) in [5.41, 5.74) is 1.94. The summed E-state index contributed by atoms with van der Waals surface area (Å²) in [7, 11) is 0. The maximum Gasteiger partial charge on any atom is 0.269 e. The van der Waals surface area contributed by atoms with Crippen molar-refractivity contribution in [2.45, 2.75) is 44.2 Å². The topological polar surface area (TPSA) is 62.3 Å². The van der Waals surface area contributed by atoms with Crippen LogP contribution >= 0.6 is 11.3 Å². The number of thiophene rings is 1. The lowest BCUT2D eigenvalue weighted by Crippen LogP contribution is -2.47. The summed E-state index contributed by atoms with van der Waals surface area (Å²) in [6.45, 7) is 0. The molecule has 1 aliphatic rings. The van der Waals surface area contributed by atoms with Crippen LogP contribution in [0.3, 0.4) is 0 Å². The molecule has 1 aliphatic carbocycles. The number of carbonyl (C=O) groups excluding carboxylic acids is 2. The molecule has 0 saturated heterocycles. The van der Waals surface area contributed by atoms with Crippen LogP contribution in [0.15, 0.2) is 78.3 Å². The Bertz CT molecular complexity index is 1320. The number of hydrogen-bond acceptors (Lipinski definition) is 4. The summed E-state index contributed by atoms with van der Waals surface area (Å²) in [6.07, 6.45) is 6.90. The Labute approximate surface area is 207 Å². The Morgan fingerprint density at radius 2 is 1.80 bits per heavy atom. The second kappa shape index (κ2) is 10.4. The molecular weight excluding hydrogens is 461 g/mol. The van der Waals surface area contributed by atoms with Gasteiger partial charge in [0.1, 0.15) is 11.9 Å². The van der Waals surface area contributed by atoms with E-state index in [-0.39, 0.29) is 17.9 Å². The van der Waals surface area contributed by atoms with Crippen LogP contribution in [-0.4, -0.2) is 22.8 Å². The zero-order chi connectivity index (χ0) is 24.2. The molecule has 4 aromatic rings. The molecule has 0 bridgehead atoms. The molecule has 2 amide bonds. The highest BCUT2D eigenvalue weighted by Gasteiger charge is 2.35. The van der Waals surface area contributed by atoms with E-state index in [0.29, 0.717) is 16.1 Å². The first kappa shape index (κ1) is 23.2. The van der Waals surface area contributed by atoms with Gasteiger partial charge in [-0.15, -0.1) is 11.3 Å². The van der Waals surface area contributed by atoms with E-state index in [2.05, 4.69) is 10.3 Å². The van der Waals surface area contributed by atoms with Gasteiger partial charge in [-0.3, -0.25) is 19.5 Å². The average molecular weight is 488 g/mol. The van der Waals surface area contributed by atoms with Crippen LogP contribution in [0.1, 0.15) is 53.4 Å². The molecule has 1 N–H and O–H groups in total. The predicted octanol–water partition coefficient (Wildman–Crippen LogP) is 6.27. The summed E-state index contributed by atoms with van der Waals surface area (Å²) >= 11 is 1.31. The number of carbonyl (C=O) groups is 2. The zero-order valence-corrected chi connectivity index (χ0v) is 20.0. The van der Waals surface area contributed by atoms with Crippen molar-refractivity contribution in [1.29, 1.82) is 0 Å². The maximum atomic E-state index is 13.9. The average Bonchev–Trinajstić information content (AvgIpc) is 3.43. The molecule has 0 spiro atoms. The van der Waals surface area contributed by atoms with Gasteiger partial charge < -0.3 is 5.32 Å². The molecule has 1 saturated carbocycles. The number of nitrogens with one attached hydrogen (secondary N) is 1. The molecule has 0 radical (unpaired) electrons. The van der Waals surface area contributed by atoms with E-state index in [1.165, 1.54) is 34.8 Å². The Kier molecular flexibility index (Phi) is 6.86. The summed E-state index contributed by atoms with van der Waals surface area (Å²) in [5.74, 6) is -0.951. The number of anilines is 1. The lowest BCUT2D eigenvalue weighted by molar-refractivity contribution is -0.123. The molecule has 7 heteroatoms. The van der Waals surface area contributed by atoms with Crippen LogP contribution in [0.4, 0.5) is 10.1 Å². The molecule has 2 heterocycles. The third-order valence-electron chi connectivity index (χ3n) is 6.46. The number of hydrogen-bond donors (Lipinski definition) is 1. The van der Waals surface area contributed by atoms with E-state index in [4.69, 9.17) is 0 Å². The van der Waals surface area contributed by atoms with E-state index >= 15 is 0 Å². The van der Waals surface area contributed by atoms with Gasteiger partial charge in [-0.1, -0.05) is 37.5 Å². The van der Waals surface area contributed by atoms with E-state index < -0.39 is 11.9 Å². The molecular formula is C28H26FN3O2S. The van der Waals surface area contributed by atoms with E-state index in [1.54, 1.807) is 30.5 Å². The van der Waals surface area contributed by atoms with Crippen molar-refractivity contribution in [2.24, 2.45) is 0 Å². The summed E-state index contributed by atoms with van der Waals surface area (Å²) in [6, 6.07) is 17.8. The van der Waals surface area contributed by atoms with Gasteiger partial charge in [-0.25, -0.2) is 4.39 Å². The molecule has 35 heavy (non-hydrogen) atoms. The van der Waals surface area contributed by atoms with Gasteiger partial charge in [0, 0.05) is 23.3 Å². The fourth-order valence-corrected chi connectivity index (χ4v) is 5.37. The smallest absolute Gasteiger partial charge is 0.269 e. The first-order valence-corrected chi connectivity index (χ1v) is 12.8. The third kappa shape index (κ3) is 5.10. The van der Waals surface area contributed by atoms with Crippen LogP contribution in [-0.2, 0) is 4.79 Å². The summed E-state index contributed by atoms with van der Waals surface area (Å²) in [5, 5.41) is 5.91. The number of rotatable bonds is 6. The van der Waals surface area contributed by atoms with Crippen molar-refractivity contribution < 1.29 is 14.0 Å².